The van der Waals surface area contributed by atoms with E-state index in [1.807, 2.05) is 0 Å². The summed E-state index contributed by atoms with van der Waals surface area (Å²) >= 11 is 0. The zero-order valence-corrected chi connectivity index (χ0v) is 10.4. The first-order valence-corrected chi connectivity index (χ1v) is 5.86. The van der Waals surface area contributed by atoms with Gasteiger partial charge in [-0.2, -0.15) is 0 Å². The number of nitrogens with zero attached hydrogens (tertiary/aromatic N) is 1. The van der Waals surface area contributed by atoms with Gasteiger partial charge >= 0.3 is 5.97 Å². The molecule has 1 atom stereocenters. The first-order valence-electron chi connectivity index (χ1n) is 5.86. The highest BCUT2D eigenvalue weighted by molar-refractivity contribution is 5.97. The van der Waals surface area contributed by atoms with Crippen molar-refractivity contribution in [1.82, 2.24) is 0 Å². The summed E-state index contributed by atoms with van der Waals surface area (Å²) < 4.78 is 13.3. The van der Waals surface area contributed by atoms with E-state index >= 15 is 0 Å². The van der Waals surface area contributed by atoms with Crippen LogP contribution in [0.3, 0.4) is 0 Å². The van der Waals surface area contributed by atoms with Crippen LogP contribution in [0.25, 0.3) is 0 Å². The van der Waals surface area contributed by atoms with Gasteiger partial charge < -0.3 is 15.1 Å². The molecule has 102 valence electrons. The third-order valence-corrected chi connectivity index (χ3v) is 3.17. The number of β-amino-alcohol motifs (C(OH)–C–C–N with tert-alkyl or cyclic N) is 1. The molecule has 1 aliphatic rings. The molecule has 0 saturated heterocycles. The van der Waals surface area contributed by atoms with E-state index in [1.54, 1.807) is 6.07 Å². The highest BCUT2D eigenvalue weighted by Crippen LogP contribution is 2.29. The van der Waals surface area contributed by atoms with Gasteiger partial charge in [0.25, 0.3) is 0 Å². The normalized spacial score (nSPS) is 17.8. The van der Waals surface area contributed by atoms with E-state index < -0.39 is 23.9 Å². The Morgan fingerprint density at radius 3 is 2.79 bits per heavy atom. The molecular weight excluding hydrogens is 253 g/mol. The molecule has 0 fully saturated rings. The van der Waals surface area contributed by atoms with Crippen LogP contribution in [0.15, 0.2) is 18.2 Å². The predicted molar refractivity (Wildman–Crippen MR) is 65.3 cm³/mol. The Morgan fingerprint density at radius 2 is 2.16 bits per heavy atom. The van der Waals surface area contributed by atoms with Gasteiger partial charge in [-0.05, 0) is 31.0 Å². The molecule has 0 radical (unpaired) electrons. The summed E-state index contributed by atoms with van der Waals surface area (Å²) in [5.74, 6) is -2.25. The number of rotatable bonds is 3. The average molecular weight is 267 g/mol. The minimum atomic E-state index is -2.07. The topological polar surface area (TPSA) is 77.8 Å². The molecule has 2 N–H and O–H groups in total. The van der Waals surface area contributed by atoms with Gasteiger partial charge in [-0.1, -0.05) is 6.07 Å². The van der Waals surface area contributed by atoms with Crippen LogP contribution in [0.4, 0.5) is 10.1 Å². The molecule has 0 aromatic heterocycles. The van der Waals surface area contributed by atoms with Gasteiger partial charge in [0.2, 0.25) is 5.91 Å². The number of aliphatic hydroxyl groups is 1. The molecule has 1 heterocycles. The van der Waals surface area contributed by atoms with Crippen LogP contribution < -0.4 is 4.90 Å². The second-order valence-electron chi connectivity index (χ2n) is 4.83. The van der Waals surface area contributed by atoms with Crippen molar-refractivity contribution in [3.8, 4) is 0 Å². The molecule has 0 spiro atoms. The summed E-state index contributed by atoms with van der Waals surface area (Å²) in [6.07, 6.45) is 0.703. The van der Waals surface area contributed by atoms with Crippen LogP contribution in [0.2, 0.25) is 0 Å². The fourth-order valence-electron chi connectivity index (χ4n) is 2.06. The maximum Gasteiger partial charge on any atom is 0.337 e. The molecule has 6 heteroatoms. The first kappa shape index (κ1) is 13.5. The zero-order chi connectivity index (χ0) is 14.2. The van der Waals surface area contributed by atoms with Crippen molar-refractivity contribution in [2.75, 3.05) is 11.4 Å². The van der Waals surface area contributed by atoms with E-state index in [4.69, 9.17) is 5.11 Å². The second kappa shape index (κ2) is 4.62. The van der Waals surface area contributed by atoms with Gasteiger partial charge in [0, 0.05) is 12.1 Å². The van der Waals surface area contributed by atoms with Crippen molar-refractivity contribution in [2.24, 2.45) is 0 Å². The quantitative estimate of drug-likeness (QED) is 0.854. The van der Waals surface area contributed by atoms with Crippen molar-refractivity contribution in [3.63, 3.8) is 0 Å². The molecule has 1 aliphatic heterocycles. The predicted octanol–water partition coefficient (Wildman–Crippen LogP) is 0.940. The number of amides is 1. The Hall–Kier alpha value is -1.95. The molecule has 1 aromatic rings. The Balaban J connectivity index is 2.38. The molecule has 1 unspecified atom stereocenters. The highest BCUT2D eigenvalue weighted by atomic mass is 19.1. The van der Waals surface area contributed by atoms with E-state index in [1.165, 1.54) is 12.1 Å². The highest BCUT2D eigenvalue weighted by Gasteiger charge is 2.36. The van der Waals surface area contributed by atoms with Crippen LogP contribution in [-0.2, 0) is 16.0 Å². The van der Waals surface area contributed by atoms with E-state index in [2.05, 4.69) is 0 Å². The second-order valence-corrected chi connectivity index (χ2v) is 4.83. The zero-order valence-electron chi connectivity index (χ0n) is 10.4. The number of aryl methyl sites for hydroxylation is 1. The van der Waals surface area contributed by atoms with Crippen LogP contribution in [0.1, 0.15) is 18.9 Å². The SMILES string of the molecule is CC(O)(CN1C(=O)CCc2ccc(F)cc21)C(=O)O. The van der Waals surface area contributed by atoms with Gasteiger partial charge in [0.1, 0.15) is 5.82 Å². The lowest BCUT2D eigenvalue weighted by Gasteiger charge is -2.33. The summed E-state index contributed by atoms with van der Waals surface area (Å²) in [5, 5.41) is 18.7. The number of aliphatic carboxylic acids is 1. The van der Waals surface area contributed by atoms with Gasteiger partial charge in [0.05, 0.1) is 6.54 Å². The molecule has 1 amide bonds. The molecule has 5 nitrogen and oxygen atoms in total. The molecule has 1 aromatic carbocycles. The van der Waals surface area contributed by atoms with Crippen molar-refractivity contribution in [1.29, 1.82) is 0 Å². The largest absolute Gasteiger partial charge is 0.479 e. The van der Waals surface area contributed by atoms with Crippen molar-refractivity contribution >= 4 is 17.6 Å². The standard InChI is InChI=1S/C13H14FNO4/c1-13(19,12(17)18)7-15-10-6-9(14)4-2-8(10)3-5-11(15)16/h2,4,6,19H,3,5,7H2,1H3,(H,17,18). The monoisotopic (exact) mass is 267 g/mol. The number of benzene rings is 1. The number of hydrogen-bond acceptors (Lipinski definition) is 3. The minimum Gasteiger partial charge on any atom is -0.479 e. The minimum absolute atomic E-state index is 0.217. The number of carbonyl (C=O) groups excluding carboxylic acids is 1. The van der Waals surface area contributed by atoms with Crippen LogP contribution in [-0.4, -0.2) is 34.2 Å². The van der Waals surface area contributed by atoms with Crippen molar-refractivity contribution in [2.45, 2.75) is 25.4 Å². The number of anilines is 1. The number of carboxylic acid groups (broad SMARTS) is 1. The summed E-state index contributed by atoms with van der Waals surface area (Å²) in [6, 6.07) is 4.05. The summed E-state index contributed by atoms with van der Waals surface area (Å²) in [7, 11) is 0. The maximum atomic E-state index is 13.3. The van der Waals surface area contributed by atoms with E-state index in [-0.39, 0.29) is 12.3 Å². The lowest BCUT2D eigenvalue weighted by molar-refractivity contribution is -0.155. The Morgan fingerprint density at radius 1 is 1.47 bits per heavy atom. The smallest absolute Gasteiger partial charge is 0.337 e. The van der Waals surface area contributed by atoms with Crippen LogP contribution in [0, 0.1) is 5.82 Å². The van der Waals surface area contributed by atoms with Crippen LogP contribution >= 0.6 is 0 Å². The summed E-state index contributed by atoms with van der Waals surface area (Å²) in [4.78, 5) is 23.9. The molecule has 2 rings (SSSR count). The van der Waals surface area contributed by atoms with E-state index in [9.17, 15) is 19.1 Å². The molecular formula is C13H14FNO4. The molecule has 0 bridgehead atoms. The van der Waals surface area contributed by atoms with E-state index in [0.717, 1.165) is 17.4 Å². The molecule has 0 aliphatic carbocycles. The average Bonchev–Trinajstić information content (AvgIpc) is 2.33. The third-order valence-electron chi connectivity index (χ3n) is 3.17. The van der Waals surface area contributed by atoms with Crippen molar-refractivity contribution in [3.05, 3.63) is 29.6 Å². The Labute approximate surface area is 109 Å². The number of fused-ring (bicyclic) bond motifs is 1. The summed E-state index contributed by atoms with van der Waals surface area (Å²) in [6.45, 7) is 0.702. The van der Waals surface area contributed by atoms with Crippen LogP contribution in [0.5, 0.6) is 0 Å². The van der Waals surface area contributed by atoms with Gasteiger partial charge in [-0.25, -0.2) is 9.18 Å². The Kier molecular flexibility index (Phi) is 3.28. The number of carboxylic acids is 1. The lowest BCUT2D eigenvalue weighted by Crippen LogP contribution is -2.50. The van der Waals surface area contributed by atoms with E-state index in [0.29, 0.717) is 12.1 Å². The van der Waals surface area contributed by atoms with Gasteiger partial charge in [-0.3, -0.25) is 4.79 Å². The third kappa shape index (κ3) is 2.58. The number of halogens is 1. The summed E-state index contributed by atoms with van der Waals surface area (Å²) in [5.41, 5.74) is -0.976. The first-order chi connectivity index (χ1) is 8.81. The number of hydrogen-bond donors (Lipinski definition) is 2. The fraction of sp³-hybridized carbons (Fsp3) is 0.385. The lowest BCUT2D eigenvalue weighted by atomic mass is 9.98. The Bertz CT molecular complexity index is 541. The maximum absolute atomic E-state index is 13.3. The fourth-order valence-corrected chi connectivity index (χ4v) is 2.06. The van der Waals surface area contributed by atoms with Crippen molar-refractivity contribution < 1.29 is 24.2 Å². The molecule has 0 saturated carbocycles. The number of carbonyl (C=O) groups is 2. The van der Waals surface area contributed by atoms with Gasteiger partial charge in [0.15, 0.2) is 5.60 Å². The van der Waals surface area contributed by atoms with Gasteiger partial charge in [-0.15, -0.1) is 0 Å². The molecule has 19 heavy (non-hydrogen) atoms.